The SMILES string of the molecule is O=C(CCc1ccccc1)Nc1cccc2c(=O)n(CCO)ccc12. The van der Waals surface area contributed by atoms with Crippen molar-refractivity contribution in [3.63, 3.8) is 0 Å². The maximum atomic E-state index is 12.4. The average molecular weight is 336 g/mol. The lowest BCUT2D eigenvalue weighted by Crippen LogP contribution is -2.21. The van der Waals surface area contributed by atoms with E-state index in [2.05, 4.69) is 5.32 Å². The van der Waals surface area contributed by atoms with Crippen LogP contribution < -0.4 is 10.9 Å². The number of amides is 1. The summed E-state index contributed by atoms with van der Waals surface area (Å²) in [6.07, 6.45) is 2.68. The molecule has 0 radical (unpaired) electrons. The largest absolute Gasteiger partial charge is 0.395 e. The predicted octanol–water partition coefficient (Wildman–Crippen LogP) is 2.57. The molecule has 2 aromatic carbocycles. The Morgan fingerprint density at radius 3 is 2.56 bits per heavy atom. The molecule has 0 unspecified atom stereocenters. The maximum Gasteiger partial charge on any atom is 0.258 e. The van der Waals surface area contributed by atoms with E-state index < -0.39 is 0 Å². The van der Waals surface area contributed by atoms with Crippen LogP contribution >= 0.6 is 0 Å². The van der Waals surface area contributed by atoms with Gasteiger partial charge in [-0.15, -0.1) is 0 Å². The van der Waals surface area contributed by atoms with E-state index in [4.69, 9.17) is 5.11 Å². The van der Waals surface area contributed by atoms with Crippen molar-refractivity contribution in [3.05, 3.63) is 76.7 Å². The lowest BCUT2D eigenvalue weighted by molar-refractivity contribution is -0.116. The number of carbonyl (C=O) groups is 1. The van der Waals surface area contributed by atoms with E-state index in [-0.39, 0.29) is 24.6 Å². The van der Waals surface area contributed by atoms with Crippen LogP contribution in [0.15, 0.2) is 65.6 Å². The van der Waals surface area contributed by atoms with Crippen LogP contribution in [-0.2, 0) is 17.8 Å². The van der Waals surface area contributed by atoms with Crippen LogP contribution in [0, 0.1) is 0 Å². The van der Waals surface area contributed by atoms with Crippen molar-refractivity contribution in [2.75, 3.05) is 11.9 Å². The van der Waals surface area contributed by atoms with Crippen LogP contribution in [0.2, 0.25) is 0 Å². The summed E-state index contributed by atoms with van der Waals surface area (Å²) < 4.78 is 1.46. The van der Waals surface area contributed by atoms with Crippen molar-refractivity contribution in [2.45, 2.75) is 19.4 Å². The highest BCUT2D eigenvalue weighted by Crippen LogP contribution is 2.21. The first-order valence-electron chi connectivity index (χ1n) is 8.26. The number of aliphatic hydroxyl groups excluding tert-OH is 1. The Bertz CT molecular complexity index is 933. The first kappa shape index (κ1) is 16.9. The minimum Gasteiger partial charge on any atom is -0.395 e. The van der Waals surface area contributed by atoms with Crippen molar-refractivity contribution < 1.29 is 9.90 Å². The van der Waals surface area contributed by atoms with E-state index in [1.807, 2.05) is 30.3 Å². The number of anilines is 1. The van der Waals surface area contributed by atoms with E-state index in [1.165, 1.54) is 4.57 Å². The number of pyridine rings is 1. The molecule has 1 aromatic heterocycles. The average Bonchev–Trinajstić information content (AvgIpc) is 2.64. The molecule has 5 heteroatoms. The van der Waals surface area contributed by atoms with Crippen molar-refractivity contribution in [3.8, 4) is 0 Å². The fourth-order valence-corrected chi connectivity index (χ4v) is 2.83. The Hall–Kier alpha value is -2.92. The summed E-state index contributed by atoms with van der Waals surface area (Å²) in [5.41, 5.74) is 1.57. The van der Waals surface area contributed by atoms with E-state index in [0.29, 0.717) is 29.3 Å². The second-order valence-electron chi connectivity index (χ2n) is 5.84. The zero-order chi connectivity index (χ0) is 17.6. The van der Waals surface area contributed by atoms with Gasteiger partial charge in [-0.3, -0.25) is 9.59 Å². The zero-order valence-corrected chi connectivity index (χ0v) is 13.8. The van der Waals surface area contributed by atoms with Crippen LogP contribution in [0.4, 0.5) is 5.69 Å². The monoisotopic (exact) mass is 336 g/mol. The van der Waals surface area contributed by atoms with Gasteiger partial charge in [0.05, 0.1) is 6.61 Å². The fraction of sp³-hybridized carbons (Fsp3) is 0.200. The van der Waals surface area contributed by atoms with Gasteiger partial charge < -0.3 is 15.0 Å². The number of fused-ring (bicyclic) bond motifs is 1. The van der Waals surface area contributed by atoms with Gasteiger partial charge in [0.2, 0.25) is 5.91 Å². The topological polar surface area (TPSA) is 71.3 Å². The van der Waals surface area contributed by atoms with Gasteiger partial charge in [0, 0.05) is 35.6 Å². The van der Waals surface area contributed by atoms with E-state index in [1.54, 1.807) is 30.5 Å². The van der Waals surface area contributed by atoms with Crippen LogP contribution in [0.1, 0.15) is 12.0 Å². The van der Waals surface area contributed by atoms with Crippen LogP contribution in [0.5, 0.6) is 0 Å². The molecule has 0 aliphatic carbocycles. The molecule has 25 heavy (non-hydrogen) atoms. The quantitative estimate of drug-likeness (QED) is 0.727. The summed E-state index contributed by atoms with van der Waals surface area (Å²) in [7, 11) is 0. The Labute approximate surface area is 145 Å². The molecule has 0 saturated carbocycles. The highest BCUT2D eigenvalue weighted by atomic mass is 16.3. The Morgan fingerprint density at radius 1 is 1.00 bits per heavy atom. The second kappa shape index (κ2) is 7.77. The summed E-state index contributed by atoms with van der Waals surface area (Å²) in [6, 6.07) is 16.9. The molecule has 3 aromatic rings. The van der Waals surface area contributed by atoms with Crippen LogP contribution in [0.3, 0.4) is 0 Å². The molecule has 0 atom stereocenters. The number of nitrogens with one attached hydrogen (secondary N) is 1. The highest BCUT2D eigenvalue weighted by Gasteiger charge is 2.09. The molecular weight excluding hydrogens is 316 g/mol. The number of nitrogens with zero attached hydrogens (tertiary/aromatic N) is 1. The van der Waals surface area contributed by atoms with E-state index in [9.17, 15) is 9.59 Å². The van der Waals surface area contributed by atoms with Gasteiger partial charge in [-0.05, 0) is 30.2 Å². The van der Waals surface area contributed by atoms with Gasteiger partial charge in [-0.25, -0.2) is 0 Å². The van der Waals surface area contributed by atoms with Crippen molar-refractivity contribution in [2.24, 2.45) is 0 Å². The molecule has 0 aliphatic rings. The molecule has 2 N–H and O–H groups in total. The lowest BCUT2D eigenvalue weighted by Gasteiger charge is -2.10. The van der Waals surface area contributed by atoms with Gasteiger partial charge >= 0.3 is 0 Å². The fourth-order valence-electron chi connectivity index (χ4n) is 2.83. The number of aliphatic hydroxyl groups is 1. The van der Waals surface area contributed by atoms with Gasteiger partial charge in [0.1, 0.15) is 0 Å². The molecule has 3 rings (SSSR count). The van der Waals surface area contributed by atoms with Gasteiger partial charge in [0.15, 0.2) is 0 Å². The third-order valence-electron chi connectivity index (χ3n) is 4.12. The van der Waals surface area contributed by atoms with Crippen molar-refractivity contribution >= 4 is 22.4 Å². The lowest BCUT2D eigenvalue weighted by atomic mass is 10.1. The van der Waals surface area contributed by atoms with Gasteiger partial charge in [-0.2, -0.15) is 0 Å². The number of aryl methyl sites for hydroxylation is 1. The van der Waals surface area contributed by atoms with E-state index in [0.717, 1.165) is 5.56 Å². The number of benzene rings is 2. The van der Waals surface area contributed by atoms with Crippen molar-refractivity contribution in [1.82, 2.24) is 4.57 Å². The Kier molecular flexibility index (Phi) is 5.26. The molecule has 128 valence electrons. The molecule has 0 spiro atoms. The first-order valence-corrected chi connectivity index (χ1v) is 8.26. The second-order valence-corrected chi connectivity index (χ2v) is 5.84. The molecular formula is C20H20N2O3. The van der Waals surface area contributed by atoms with Crippen LogP contribution in [-0.4, -0.2) is 22.2 Å². The maximum absolute atomic E-state index is 12.4. The molecule has 5 nitrogen and oxygen atoms in total. The number of aromatic nitrogens is 1. The van der Waals surface area contributed by atoms with Gasteiger partial charge in [-0.1, -0.05) is 36.4 Å². The summed E-state index contributed by atoms with van der Waals surface area (Å²) >= 11 is 0. The summed E-state index contributed by atoms with van der Waals surface area (Å²) in [5.74, 6) is -0.0871. The number of hydrogen-bond donors (Lipinski definition) is 2. The summed E-state index contributed by atoms with van der Waals surface area (Å²) in [6.45, 7) is 0.157. The van der Waals surface area contributed by atoms with E-state index >= 15 is 0 Å². The predicted molar refractivity (Wildman–Crippen MR) is 98.7 cm³/mol. The molecule has 0 bridgehead atoms. The third-order valence-corrected chi connectivity index (χ3v) is 4.12. The molecule has 0 saturated heterocycles. The third kappa shape index (κ3) is 3.95. The first-order chi connectivity index (χ1) is 12.2. The Balaban J connectivity index is 1.78. The smallest absolute Gasteiger partial charge is 0.258 e. The highest BCUT2D eigenvalue weighted by molar-refractivity contribution is 6.01. The molecule has 0 aliphatic heterocycles. The Morgan fingerprint density at radius 2 is 1.80 bits per heavy atom. The normalized spacial score (nSPS) is 10.8. The number of rotatable bonds is 6. The molecule has 1 amide bonds. The minimum absolute atomic E-state index is 0.0871. The van der Waals surface area contributed by atoms with Crippen molar-refractivity contribution in [1.29, 1.82) is 0 Å². The molecule has 0 fully saturated rings. The number of carbonyl (C=O) groups excluding carboxylic acids is 1. The minimum atomic E-state index is -0.174. The number of hydrogen-bond acceptors (Lipinski definition) is 3. The van der Waals surface area contributed by atoms with Gasteiger partial charge in [0.25, 0.3) is 5.56 Å². The standard InChI is InChI=1S/C20H20N2O3/c23-14-13-22-12-11-16-17(20(22)25)7-4-8-18(16)21-19(24)10-9-15-5-2-1-3-6-15/h1-8,11-12,23H,9-10,13-14H2,(H,21,24). The molecule has 1 heterocycles. The summed E-state index contributed by atoms with van der Waals surface area (Å²) in [4.78, 5) is 24.7. The summed E-state index contributed by atoms with van der Waals surface area (Å²) in [5, 5.41) is 13.2. The zero-order valence-electron chi connectivity index (χ0n) is 13.8. The van der Waals surface area contributed by atoms with Crippen LogP contribution in [0.25, 0.3) is 10.8 Å².